The van der Waals surface area contributed by atoms with Crippen molar-refractivity contribution < 1.29 is 13.9 Å². The number of methoxy groups -OCH3 is 1. The van der Waals surface area contributed by atoms with Crippen LogP contribution in [0.15, 0.2) is 48.7 Å². The highest BCUT2D eigenvalue weighted by Crippen LogP contribution is 2.29. The van der Waals surface area contributed by atoms with Gasteiger partial charge in [-0.25, -0.2) is 9.07 Å². The lowest BCUT2D eigenvalue weighted by molar-refractivity contribution is -0.127. The quantitative estimate of drug-likeness (QED) is 0.514. The normalized spacial score (nSPS) is 16.1. The summed E-state index contributed by atoms with van der Waals surface area (Å²) in [6.45, 7) is 7.09. The molecule has 0 aliphatic carbocycles. The highest BCUT2D eigenvalue weighted by Gasteiger charge is 2.29. The van der Waals surface area contributed by atoms with Gasteiger partial charge < -0.3 is 14.5 Å². The molecule has 2 aromatic carbocycles. The van der Waals surface area contributed by atoms with Crippen LogP contribution in [-0.4, -0.2) is 59.3 Å². The zero-order valence-electron chi connectivity index (χ0n) is 19.7. The molecule has 1 atom stereocenters. The minimum Gasteiger partial charge on any atom is -0.494 e. The molecule has 3 aromatic rings. The molecule has 7 heteroatoms. The molecular weight excluding hydrogens is 419 g/mol. The molecule has 2 heterocycles. The van der Waals surface area contributed by atoms with Crippen LogP contribution in [0.1, 0.15) is 24.5 Å². The van der Waals surface area contributed by atoms with Gasteiger partial charge in [-0.05, 0) is 56.6 Å². The van der Waals surface area contributed by atoms with Gasteiger partial charge in [0.2, 0.25) is 5.91 Å². The van der Waals surface area contributed by atoms with Gasteiger partial charge in [-0.15, -0.1) is 0 Å². The summed E-state index contributed by atoms with van der Waals surface area (Å²) in [5.74, 6) is 0.347. The second kappa shape index (κ2) is 9.75. The number of aryl methyl sites for hydroxylation is 1. The highest BCUT2D eigenvalue weighted by atomic mass is 19.1. The second-order valence-corrected chi connectivity index (χ2v) is 8.78. The lowest BCUT2D eigenvalue weighted by Gasteiger charge is -2.21. The summed E-state index contributed by atoms with van der Waals surface area (Å²) in [5, 5.41) is 4.85. The van der Waals surface area contributed by atoms with E-state index in [1.54, 1.807) is 6.07 Å². The third-order valence-corrected chi connectivity index (χ3v) is 6.26. The van der Waals surface area contributed by atoms with Crippen molar-refractivity contribution in [3.8, 4) is 22.7 Å². The van der Waals surface area contributed by atoms with E-state index in [0.717, 1.165) is 42.1 Å². The number of halogens is 1. The van der Waals surface area contributed by atoms with E-state index in [4.69, 9.17) is 9.84 Å². The van der Waals surface area contributed by atoms with E-state index < -0.39 is 5.82 Å². The molecule has 1 aliphatic heterocycles. The Bertz CT molecular complexity index is 1140. The van der Waals surface area contributed by atoms with E-state index in [2.05, 4.69) is 11.9 Å². The van der Waals surface area contributed by atoms with Crippen molar-refractivity contribution in [2.24, 2.45) is 5.92 Å². The van der Waals surface area contributed by atoms with Crippen LogP contribution < -0.4 is 4.74 Å². The average Bonchev–Trinajstić information content (AvgIpc) is 3.36. The maximum absolute atomic E-state index is 14.5. The molecule has 0 radical (unpaired) electrons. The van der Waals surface area contributed by atoms with Crippen LogP contribution in [0, 0.1) is 18.7 Å². The van der Waals surface area contributed by atoms with Crippen LogP contribution in [0.5, 0.6) is 5.75 Å². The number of carbonyl (C=O) groups is 1. The van der Waals surface area contributed by atoms with Gasteiger partial charge >= 0.3 is 0 Å². The number of amides is 1. The molecule has 174 valence electrons. The van der Waals surface area contributed by atoms with Crippen molar-refractivity contribution in [2.75, 3.05) is 33.8 Å². The predicted octanol–water partition coefficient (Wildman–Crippen LogP) is 4.30. The van der Waals surface area contributed by atoms with Crippen molar-refractivity contribution >= 4 is 5.91 Å². The average molecular weight is 451 g/mol. The van der Waals surface area contributed by atoms with Crippen LogP contribution in [0.2, 0.25) is 0 Å². The van der Waals surface area contributed by atoms with E-state index in [1.165, 1.54) is 13.2 Å². The number of aromatic nitrogens is 2. The Morgan fingerprint density at radius 2 is 2.03 bits per heavy atom. The number of nitrogens with zero attached hydrogens (tertiary/aromatic N) is 4. The fourth-order valence-electron chi connectivity index (χ4n) is 4.60. The Kier molecular flexibility index (Phi) is 6.79. The summed E-state index contributed by atoms with van der Waals surface area (Å²) >= 11 is 0. The van der Waals surface area contributed by atoms with Gasteiger partial charge in [0.05, 0.1) is 18.5 Å². The number of carbonyl (C=O) groups excluding carboxylic acids is 1. The standard InChI is InChI=1S/C26H31FN4O2/c1-5-30-15-19(12-25(30)32)14-29(3)16-21-17-31(23-9-7-6-8-18(23)2)28-26(21)20-10-11-24(33-4)22(27)13-20/h6-11,13,17,19H,5,12,14-16H2,1-4H3/t19-/m1/s1. The summed E-state index contributed by atoms with van der Waals surface area (Å²) in [6, 6.07) is 13.0. The molecular formula is C26H31FN4O2. The third-order valence-electron chi connectivity index (χ3n) is 6.26. The van der Waals surface area contributed by atoms with Crippen LogP contribution in [0.4, 0.5) is 4.39 Å². The van der Waals surface area contributed by atoms with Crippen molar-refractivity contribution in [3.05, 3.63) is 65.6 Å². The first-order valence-electron chi connectivity index (χ1n) is 11.3. The first kappa shape index (κ1) is 23.0. The van der Waals surface area contributed by atoms with Crippen molar-refractivity contribution in [3.63, 3.8) is 0 Å². The number of benzene rings is 2. The number of likely N-dealkylation sites (tertiary alicyclic amines) is 1. The summed E-state index contributed by atoms with van der Waals surface area (Å²) < 4.78 is 21.4. The molecule has 4 rings (SSSR count). The van der Waals surface area contributed by atoms with Gasteiger partial charge in [-0.1, -0.05) is 18.2 Å². The molecule has 6 nitrogen and oxygen atoms in total. The summed E-state index contributed by atoms with van der Waals surface area (Å²) in [4.78, 5) is 16.3. The third kappa shape index (κ3) is 4.93. The summed E-state index contributed by atoms with van der Waals surface area (Å²) in [5.41, 5.74) is 4.54. The fourth-order valence-corrected chi connectivity index (χ4v) is 4.60. The maximum Gasteiger partial charge on any atom is 0.222 e. The lowest BCUT2D eigenvalue weighted by Crippen LogP contribution is -2.28. The Morgan fingerprint density at radius 1 is 1.24 bits per heavy atom. The van der Waals surface area contributed by atoms with Crippen LogP contribution in [-0.2, 0) is 11.3 Å². The van der Waals surface area contributed by atoms with Gasteiger partial charge in [0, 0.05) is 49.9 Å². The van der Waals surface area contributed by atoms with Crippen LogP contribution >= 0.6 is 0 Å². The molecule has 1 aliphatic rings. The SMILES string of the molecule is CCN1C[C@@H](CN(C)Cc2cn(-c3ccccc3C)nc2-c2ccc(OC)c(F)c2)CC1=O. The van der Waals surface area contributed by atoms with Gasteiger partial charge in [-0.2, -0.15) is 5.10 Å². The topological polar surface area (TPSA) is 50.6 Å². The van der Waals surface area contributed by atoms with Crippen molar-refractivity contribution in [2.45, 2.75) is 26.8 Å². The number of hydrogen-bond acceptors (Lipinski definition) is 4. The zero-order valence-corrected chi connectivity index (χ0v) is 19.7. The first-order valence-corrected chi connectivity index (χ1v) is 11.3. The van der Waals surface area contributed by atoms with Gasteiger partial charge in [-0.3, -0.25) is 4.79 Å². The number of ether oxygens (including phenoxy) is 1. The molecule has 1 aromatic heterocycles. The first-order chi connectivity index (χ1) is 15.9. The molecule has 0 saturated carbocycles. The monoisotopic (exact) mass is 450 g/mol. The fraction of sp³-hybridized carbons (Fsp3) is 0.385. The zero-order chi connectivity index (χ0) is 23.5. The van der Waals surface area contributed by atoms with Crippen LogP contribution in [0.25, 0.3) is 16.9 Å². The highest BCUT2D eigenvalue weighted by molar-refractivity contribution is 5.78. The van der Waals surface area contributed by atoms with Crippen molar-refractivity contribution in [1.29, 1.82) is 0 Å². The van der Waals surface area contributed by atoms with Gasteiger partial charge in [0.15, 0.2) is 11.6 Å². The molecule has 33 heavy (non-hydrogen) atoms. The number of para-hydroxylation sites is 1. The van der Waals surface area contributed by atoms with Crippen LogP contribution in [0.3, 0.4) is 0 Å². The predicted molar refractivity (Wildman–Crippen MR) is 127 cm³/mol. The molecule has 0 N–H and O–H groups in total. The molecule has 1 saturated heterocycles. The Morgan fingerprint density at radius 3 is 2.70 bits per heavy atom. The van der Waals surface area contributed by atoms with Gasteiger partial charge in [0.25, 0.3) is 0 Å². The van der Waals surface area contributed by atoms with E-state index in [1.807, 2.05) is 60.0 Å². The summed E-state index contributed by atoms with van der Waals surface area (Å²) in [7, 11) is 3.52. The smallest absolute Gasteiger partial charge is 0.222 e. The lowest BCUT2D eigenvalue weighted by atomic mass is 10.1. The molecule has 0 unspecified atom stereocenters. The molecule has 0 spiro atoms. The minimum atomic E-state index is -0.413. The summed E-state index contributed by atoms with van der Waals surface area (Å²) in [6.07, 6.45) is 2.62. The molecule has 1 fully saturated rings. The number of hydrogen-bond donors (Lipinski definition) is 0. The molecule has 1 amide bonds. The van der Waals surface area contributed by atoms with E-state index in [0.29, 0.717) is 24.4 Å². The van der Waals surface area contributed by atoms with Crippen molar-refractivity contribution in [1.82, 2.24) is 19.6 Å². The Labute approximate surface area is 194 Å². The minimum absolute atomic E-state index is 0.210. The van der Waals surface area contributed by atoms with E-state index in [-0.39, 0.29) is 11.7 Å². The van der Waals surface area contributed by atoms with E-state index >= 15 is 0 Å². The molecule has 0 bridgehead atoms. The Hall–Kier alpha value is -3.19. The maximum atomic E-state index is 14.5. The Balaban J connectivity index is 1.63. The van der Waals surface area contributed by atoms with Gasteiger partial charge in [0.1, 0.15) is 0 Å². The largest absolute Gasteiger partial charge is 0.494 e. The van der Waals surface area contributed by atoms with E-state index in [9.17, 15) is 9.18 Å². The number of rotatable bonds is 8. The second-order valence-electron chi connectivity index (χ2n) is 8.78.